The number of methoxy groups -OCH3 is 2. The lowest BCUT2D eigenvalue weighted by molar-refractivity contribution is -0.385. The van der Waals surface area contributed by atoms with Crippen LogP contribution < -0.4 is 4.74 Å². The largest absolute Gasteiger partial charge is 0.479 e. The molecule has 20 heavy (non-hydrogen) atoms. The summed E-state index contributed by atoms with van der Waals surface area (Å²) in [6.07, 6.45) is -1.03. The zero-order valence-corrected chi connectivity index (χ0v) is 11.4. The smallest absolute Gasteiger partial charge is 0.270 e. The lowest BCUT2D eigenvalue weighted by Crippen LogP contribution is -2.53. The Hall–Kier alpha value is -1.70. The Labute approximate surface area is 115 Å². The molecule has 1 fully saturated rings. The van der Waals surface area contributed by atoms with Gasteiger partial charge in [0.1, 0.15) is 18.0 Å². The molecule has 2 aliphatic heterocycles. The molecule has 1 aromatic rings. The second kappa shape index (κ2) is 4.41. The average molecular weight is 281 g/mol. The van der Waals surface area contributed by atoms with E-state index in [0.717, 1.165) is 0 Å². The number of nitrogens with zero attached hydrogens (tertiary/aromatic N) is 1. The number of fused-ring (bicyclic) bond motifs is 3. The van der Waals surface area contributed by atoms with Crippen molar-refractivity contribution in [3.8, 4) is 5.75 Å². The molecular formula is C13H15NO6. The van der Waals surface area contributed by atoms with Crippen LogP contribution >= 0.6 is 0 Å². The number of hydrogen-bond donors (Lipinski definition) is 0. The summed E-state index contributed by atoms with van der Waals surface area (Å²) in [6, 6.07) is 4.50. The molecule has 2 heterocycles. The summed E-state index contributed by atoms with van der Waals surface area (Å²) >= 11 is 0. The minimum Gasteiger partial charge on any atom is -0.479 e. The van der Waals surface area contributed by atoms with Gasteiger partial charge in [0.15, 0.2) is 11.9 Å². The minimum absolute atomic E-state index is 0.0280. The van der Waals surface area contributed by atoms with E-state index in [1.165, 1.54) is 26.4 Å². The van der Waals surface area contributed by atoms with E-state index < -0.39 is 16.8 Å². The number of ether oxygens (including phenoxy) is 4. The van der Waals surface area contributed by atoms with Crippen LogP contribution in [0.15, 0.2) is 18.2 Å². The van der Waals surface area contributed by atoms with Crippen molar-refractivity contribution in [3.63, 3.8) is 0 Å². The molecule has 7 nitrogen and oxygen atoms in total. The van der Waals surface area contributed by atoms with Crippen molar-refractivity contribution in [2.75, 3.05) is 14.2 Å². The second-order valence-corrected chi connectivity index (χ2v) is 5.05. The summed E-state index contributed by atoms with van der Waals surface area (Å²) in [5.74, 6) is 0.566. The van der Waals surface area contributed by atoms with Crippen LogP contribution in [0.5, 0.6) is 5.75 Å². The predicted octanol–water partition coefficient (Wildman–Crippen LogP) is 1.80. The molecule has 0 unspecified atom stereocenters. The van der Waals surface area contributed by atoms with Gasteiger partial charge in [-0.15, -0.1) is 0 Å². The first-order valence-electron chi connectivity index (χ1n) is 6.19. The third-order valence-corrected chi connectivity index (χ3v) is 3.79. The normalized spacial score (nSPS) is 30.4. The summed E-state index contributed by atoms with van der Waals surface area (Å²) in [4.78, 5) is 10.4. The van der Waals surface area contributed by atoms with E-state index >= 15 is 0 Å². The Morgan fingerprint density at radius 1 is 1.40 bits per heavy atom. The number of hydrogen-bond acceptors (Lipinski definition) is 6. The summed E-state index contributed by atoms with van der Waals surface area (Å²) in [5.41, 5.74) is -0.0509. The molecule has 1 aromatic carbocycles. The van der Waals surface area contributed by atoms with E-state index in [1.807, 2.05) is 6.92 Å². The lowest BCUT2D eigenvalue weighted by Gasteiger charge is -2.37. The van der Waals surface area contributed by atoms with Crippen LogP contribution in [0.25, 0.3) is 0 Å². The number of benzene rings is 1. The van der Waals surface area contributed by atoms with Gasteiger partial charge < -0.3 is 18.9 Å². The van der Waals surface area contributed by atoms with Crippen LogP contribution in [0.3, 0.4) is 0 Å². The monoisotopic (exact) mass is 281 g/mol. The first kappa shape index (κ1) is 13.3. The summed E-state index contributed by atoms with van der Waals surface area (Å²) < 4.78 is 22.1. The van der Waals surface area contributed by atoms with Gasteiger partial charge in [-0.2, -0.15) is 0 Å². The fourth-order valence-electron chi connectivity index (χ4n) is 2.79. The molecule has 0 aromatic heterocycles. The van der Waals surface area contributed by atoms with Gasteiger partial charge in [0.25, 0.3) is 5.69 Å². The van der Waals surface area contributed by atoms with Gasteiger partial charge in [0, 0.05) is 31.9 Å². The van der Waals surface area contributed by atoms with Crippen LogP contribution in [0, 0.1) is 10.1 Å². The number of epoxide rings is 1. The zero-order chi connectivity index (χ0) is 14.5. The highest BCUT2D eigenvalue weighted by Crippen LogP contribution is 2.55. The van der Waals surface area contributed by atoms with E-state index in [9.17, 15) is 10.1 Å². The highest BCUT2D eigenvalue weighted by molar-refractivity contribution is 5.49. The summed E-state index contributed by atoms with van der Waals surface area (Å²) in [6.45, 7) is 1.85. The minimum atomic E-state index is -0.780. The van der Waals surface area contributed by atoms with E-state index in [4.69, 9.17) is 18.9 Å². The number of nitro groups is 1. The van der Waals surface area contributed by atoms with Gasteiger partial charge >= 0.3 is 0 Å². The standard InChI is InChI=1S/C13H15NO6/c1-13(12(17-2)18-3)11-10(19-11)8-6-7(14(15)16)4-5-9(8)20-13/h4-6,10-12H,1-3H3/t10-,11+,13+/m1/s1. The van der Waals surface area contributed by atoms with Crippen molar-refractivity contribution in [2.24, 2.45) is 0 Å². The molecular weight excluding hydrogens is 266 g/mol. The Morgan fingerprint density at radius 2 is 2.10 bits per heavy atom. The first-order valence-corrected chi connectivity index (χ1v) is 6.19. The molecule has 3 rings (SSSR count). The fraction of sp³-hybridized carbons (Fsp3) is 0.538. The van der Waals surface area contributed by atoms with Gasteiger partial charge in [0.05, 0.1) is 4.92 Å². The average Bonchev–Trinajstić information content (AvgIpc) is 3.21. The molecule has 0 radical (unpaired) electrons. The van der Waals surface area contributed by atoms with Crippen molar-refractivity contribution >= 4 is 5.69 Å². The SMILES string of the molecule is COC(OC)[C@@]1(C)Oc2ccc([N+](=O)[O-])cc2[C@H]2O[C@@H]21. The van der Waals surface area contributed by atoms with Gasteiger partial charge in [-0.25, -0.2) is 0 Å². The van der Waals surface area contributed by atoms with Crippen LogP contribution in [0.4, 0.5) is 5.69 Å². The number of non-ortho nitro benzene ring substituents is 1. The molecule has 2 aliphatic rings. The molecule has 0 amide bonds. The number of rotatable bonds is 4. The maximum atomic E-state index is 10.8. The summed E-state index contributed by atoms with van der Waals surface area (Å²) in [5, 5.41) is 10.8. The van der Waals surface area contributed by atoms with Crippen LogP contribution in [-0.2, 0) is 14.2 Å². The van der Waals surface area contributed by atoms with Crippen molar-refractivity contribution in [1.29, 1.82) is 0 Å². The second-order valence-electron chi connectivity index (χ2n) is 5.05. The predicted molar refractivity (Wildman–Crippen MR) is 67.5 cm³/mol. The molecule has 0 N–H and O–H groups in total. The van der Waals surface area contributed by atoms with Crippen LogP contribution in [-0.4, -0.2) is 37.1 Å². The maximum absolute atomic E-state index is 10.8. The lowest BCUT2D eigenvalue weighted by atomic mass is 9.91. The molecule has 0 aliphatic carbocycles. The van der Waals surface area contributed by atoms with Gasteiger partial charge in [-0.1, -0.05) is 0 Å². The van der Waals surface area contributed by atoms with E-state index in [2.05, 4.69) is 0 Å². The third-order valence-electron chi connectivity index (χ3n) is 3.79. The zero-order valence-electron chi connectivity index (χ0n) is 11.4. The molecule has 0 saturated carbocycles. The van der Waals surface area contributed by atoms with E-state index in [0.29, 0.717) is 11.3 Å². The van der Waals surface area contributed by atoms with E-state index in [-0.39, 0.29) is 17.9 Å². The van der Waals surface area contributed by atoms with E-state index in [1.54, 1.807) is 6.07 Å². The van der Waals surface area contributed by atoms with Gasteiger partial charge in [-0.05, 0) is 13.0 Å². The quantitative estimate of drug-likeness (QED) is 0.362. The molecule has 108 valence electrons. The third kappa shape index (κ3) is 1.78. The van der Waals surface area contributed by atoms with Crippen molar-refractivity contribution in [3.05, 3.63) is 33.9 Å². The fourth-order valence-corrected chi connectivity index (χ4v) is 2.79. The Kier molecular flexibility index (Phi) is 2.93. The maximum Gasteiger partial charge on any atom is 0.270 e. The Bertz CT molecular complexity index is 558. The topological polar surface area (TPSA) is 83.4 Å². The number of nitro benzene ring substituents is 1. The highest BCUT2D eigenvalue weighted by atomic mass is 16.7. The first-order chi connectivity index (χ1) is 9.51. The van der Waals surface area contributed by atoms with Crippen LogP contribution in [0.2, 0.25) is 0 Å². The molecule has 0 spiro atoms. The van der Waals surface area contributed by atoms with Crippen molar-refractivity contribution in [1.82, 2.24) is 0 Å². The van der Waals surface area contributed by atoms with Crippen molar-refractivity contribution in [2.45, 2.75) is 31.0 Å². The molecule has 0 bridgehead atoms. The summed E-state index contributed by atoms with van der Waals surface area (Å²) in [7, 11) is 3.07. The Balaban J connectivity index is 1.97. The van der Waals surface area contributed by atoms with Gasteiger partial charge in [0.2, 0.25) is 0 Å². The van der Waals surface area contributed by atoms with Gasteiger partial charge in [-0.3, -0.25) is 10.1 Å². The van der Waals surface area contributed by atoms with Crippen molar-refractivity contribution < 1.29 is 23.9 Å². The molecule has 3 atom stereocenters. The highest BCUT2D eigenvalue weighted by Gasteiger charge is 2.63. The molecule has 7 heteroatoms. The van der Waals surface area contributed by atoms with Crippen LogP contribution in [0.1, 0.15) is 18.6 Å². The Morgan fingerprint density at radius 3 is 2.70 bits per heavy atom. The molecule has 1 saturated heterocycles.